The Hall–Kier alpha value is -1.84. The molecule has 0 aromatic heterocycles. The van der Waals surface area contributed by atoms with Gasteiger partial charge in [0.05, 0.1) is 13.2 Å². The first-order valence-electron chi connectivity index (χ1n) is 6.99. The third kappa shape index (κ3) is 3.00. The molecule has 3 rings (SSSR count). The van der Waals surface area contributed by atoms with Crippen molar-refractivity contribution in [2.75, 3.05) is 6.61 Å². The van der Waals surface area contributed by atoms with Gasteiger partial charge in [-0.05, 0) is 28.3 Å². The molecule has 1 heterocycles. The van der Waals surface area contributed by atoms with Crippen molar-refractivity contribution in [2.45, 2.75) is 26.1 Å². The van der Waals surface area contributed by atoms with Crippen LogP contribution in [0.15, 0.2) is 42.5 Å². The SMILES string of the molecule is OCc1ccc(CNCc2ccc3c(c2)CCO3)cc1. The first-order valence-corrected chi connectivity index (χ1v) is 6.99. The van der Waals surface area contributed by atoms with Crippen molar-refractivity contribution >= 4 is 0 Å². The van der Waals surface area contributed by atoms with Crippen molar-refractivity contribution in [1.29, 1.82) is 0 Å². The number of hydrogen-bond acceptors (Lipinski definition) is 3. The van der Waals surface area contributed by atoms with Gasteiger partial charge in [-0.25, -0.2) is 0 Å². The van der Waals surface area contributed by atoms with Gasteiger partial charge in [0.15, 0.2) is 0 Å². The normalized spacial score (nSPS) is 13.1. The number of fused-ring (bicyclic) bond motifs is 1. The molecule has 2 N–H and O–H groups in total. The molecule has 0 spiro atoms. The maximum absolute atomic E-state index is 9.00. The largest absolute Gasteiger partial charge is 0.493 e. The highest BCUT2D eigenvalue weighted by Gasteiger charge is 2.11. The number of aliphatic hydroxyl groups excluding tert-OH is 1. The van der Waals surface area contributed by atoms with E-state index in [2.05, 4.69) is 35.6 Å². The molecule has 3 nitrogen and oxygen atoms in total. The first-order chi connectivity index (χ1) is 9.85. The Labute approximate surface area is 119 Å². The van der Waals surface area contributed by atoms with Crippen LogP contribution < -0.4 is 10.1 Å². The number of nitrogens with one attached hydrogen (secondary N) is 1. The van der Waals surface area contributed by atoms with Gasteiger partial charge >= 0.3 is 0 Å². The van der Waals surface area contributed by atoms with Crippen LogP contribution in [0.2, 0.25) is 0 Å². The molecule has 0 bridgehead atoms. The van der Waals surface area contributed by atoms with Gasteiger partial charge in [-0.3, -0.25) is 0 Å². The fourth-order valence-corrected chi connectivity index (χ4v) is 2.46. The summed E-state index contributed by atoms with van der Waals surface area (Å²) < 4.78 is 5.51. The summed E-state index contributed by atoms with van der Waals surface area (Å²) in [6.45, 7) is 2.60. The Kier molecular flexibility index (Phi) is 4.00. The van der Waals surface area contributed by atoms with Crippen molar-refractivity contribution in [3.05, 3.63) is 64.7 Å². The number of rotatable bonds is 5. The van der Waals surface area contributed by atoms with Gasteiger partial charge in [-0.15, -0.1) is 0 Å². The second-order valence-corrected chi connectivity index (χ2v) is 5.12. The van der Waals surface area contributed by atoms with E-state index in [-0.39, 0.29) is 6.61 Å². The van der Waals surface area contributed by atoms with Crippen LogP contribution in [0.25, 0.3) is 0 Å². The van der Waals surface area contributed by atoms with Gasteiger partial charge in [0.2, 0.25) is 0 Å². The van der Waals surface area contributed by atoms with Gasteiger partial charge in [0, 0.05) is 19.5 Å². The minimum atomic E-state index is 0.102. The summed E-state index contributed by atoms with van der Waals surface area (Å²) in [5.74, 6) is 1.04. The molecule has 1 aliphatic heterocycles. The molecule has 104 valence electrons. The van der Waals surface area contributed by atoms with Gasteiger partial charge < -0.3 is 15.2 Å². The lowest BCUT2D eigenvalue weighted by molar-refractivity contribution is 0.282. The van der Waals surface area contributed by atoms with Crippen molar-refractivity contribution in [3.63, 3.8) is 0 Å². The van der Waals surface area contributed by atoms with Crippen molar-refractivity contribution in [1.82, 2.24) is 5.32 Å². The van der Waals surface area contributed by atoms with Crippen LogP contribution in [0.3, 0.4) is 0 Å². The zero-order chi connectivity index (χ0) is 13.8. The van der Waals surface area contributed by atoms with Crippen molar-refractivity contribution in [2.24, 2.45) is 0 Å². The molecular formula is C17H19NO2. The molecule has 0 fully saturated rings. The molecule has 0 unspecified atom stereocenters. The molecule has 0 saturated heterocycles. The maximum Gasteiger partial charge on any atom is 0.122 e. The lowest BCUT2D eigenvalue weighted by Gasteiger charge is -2.07. The van der Waals surface area contributed by atoms with Gasteiger partial charge in [-0.2, -0.15) is 0 Å². The predicted molar refractivity (Wildman–Crippen MR) is 78.5 cm³/mol. The summed E-state index contributed by atoms with van der Waals surface area (Å²) in [7, 11) is 0. The van der Waals surface area contributed by atoms with Crippen molar-refractivity contribution in [3.8, 4) is 5.75 Å². The highest BCUT2D eigenvalue weighted by Crippen LogP contribution is 2.25. The first kappa shape index (κ1) is 13.2. The summed E-state index contributed by atoms with van der Waals surface area (Å²) in [6.07, 6.45) is 1.02. The maximum atomic E-state index is 9.00. The molecule has 0 aliphatic carbocycles. The molecule has 0 amide bonds. The minimum Gasteiger partial charge on any atom is -0.493 e. The van der Waals surface area contributed by atoms with E-state index in [9.17, 15) is 0 Å². The van der Waals surface area contributed by atoms with E-state index in [0.717, 1.165) is 37.4 Å². The number of ether oxygens (including phenoxy) is 1. The Morgan fingerprint density at radius 3 is 2.45 bits per heavy atom. The van der Waals surface area contributed by atoms with Crippen LogP contribution >= 0.6 is 0 Å². The number of hydrogen-bond donors (Lipinski definition) is 2. The molecule has 2 aromatic rings. The predicted octanol–water partition coefficient (Wildman–Crippen LogP) is 2.40. The van der Waals surface area contributed by atoms with E-state index in [0.29, 0.717) is 0 Å². The molecular weight excluding hydrogens is 250 g/mol. The zero-order valence-corrected chi connectivity index (χ0v) is 11.4. The second-order valence-electron chi connectivity index (χ2n) is 5.12. The van der Waals surface area contributed by atoms with Gasteiger partial charge in [0.1, 0.15) is 5.75 Å². The molecule has 20 heavy (non-hydrogen) atoms. The third-order valence-corrected chi connectivity index (χ3v) is 3.62. The van der Waals surface area contributed by atoms with E-state index >= 15 is 0 Å². The third-order valence-electron chi connectivity index (χ3n) is 3.62. The molecule has 0 saturated carbocycles. The average molecular weight is 269 g/mol. The second kappa shape index (κ2) is 6.07. The fourth-order valence-electron chi connectivity index (χ4n) is 2.46. The van der Waals surface area contributed by atoms with Crippen LogP contribution in [0.4, 0.5) is 0 Å². The number of benzene rings is 2. The minimum absolute atomic E-state index is 0.102. The molecule has 2 aromatic carbocycles. The lowest BCUT2D eigenvalue weighted by Crippen LogP contribution is -2.12. The van der Waals surface area contributed by atoms with E-state index in [1.807, 2.05) is 12.1 Å². The Balaban J connectivity index is 1.54. The van der Waals surface area contributed by atoms with E-state index in [1.54, 1.807) is 0 Å². The van der Waals surface area contributed by atoms with Gasteiger partial charge in [0.25, 0.3) is 0 Å². The van der Waals surface area contributed by atoms with Gasteiger partial charge in [-0.1, -0.05) is 36.4 Å². The topological polar surface area (TPSA) is 41.5 Å². The van der Waals surface area contributed by atoms with Crippen LogP contribution in [-0.2, 0) is 26.1 Å². The summed E-state index contributed by atoms with van der Waals surface area (Å²) in [5, 5.41) is 12.4. The summed E-state index contributed by atoms with van der Waals surface area (Å²) in [4.78, 5) is 0. The van der Waals surface area contributed by atoms with E-state index in [1.165, 1.54) is 16.7 Å². The van der Waals surface area contributed by atoms with E-state index < -0.39 is 0 Å². The summed E-state index contributed by atoms with van der Waals surface area (Å²) >= 11 is 0. The molecule has 0 atom stereocenters. The molecule has 3 heteroatoms. The standard InChI is InChI=1S/C17H19NO2/c19-12-14-3-1-13(2-4-14)10-18-11-15-5-6-17-16(9-15)7-8-20-17/h1-6,9,18-19H,7-8,10-12H2. The van der Waals surface area contributed by atoms with Crippen LogP contribution in [0.1, 0.15) is 22.3 Å². The summed E-state index contributed by atoms with van der Waals surface area (Å²) in [5.41, 5.74) is 4.79. The highest BCUT2D eigenvalue weighted by atomic mass is 16.5. The lowest BCUT2D eigenvalue weighted by atomic mass is 10.1. The van der Waals surface area contributed by atoms with Crippen molar-refractivity contribution < 1.29 is 9.84 Å². The highest BCUT2D eigenvalue weighted by molar-refractivity contribution is 5.39. The smallest absolute Gasteiger partial charge is 0.122 e. The zero-order valence-electron chi connectivity index (χ0n) is 11.4. The van der Waals surface area contributed by atoms with Crippen LogP contribution in [0, 0.1) is 0 Å². The molecule has 1 aliphatic rings. The Morgan fingerprint density at radius 1 is 0.950 bits per heavy atom. The quantitative estimate of drug-likeness (QED) is 0.876. The fraction of sp³-hybridized carbons (Fsp3) is 0.294. The Morgan fingerprint density at radius 2 is 1.65 bits per heavy atom. The molecule has 0 radical (unpaired) electrons. The van der Waals surface area contributed by atoms with Crippen LogP contribution in [0.5, 0.6) is 5.75 Å². The average Bonchev–Trinajstić information content (AvgIpc) is 2.95. The van der Waals surface area contributed by atoms with Crippen LogP contribution in [-0.4, -0.2) is 11.7 Å². The Bertz CT molecular complexity index is 578. The monoisotopic (exact) mass is 269 g/mol. The van der Waals surface area contributed by atoms with E-state index in [4.69, 9.17) is 9.84 Å². The summed E-state index contributed by atoms with van der Waals surface area (Å²) in [6, 6.07) is 14.4. The number of aliphatic hydroxyl groups is 1.